The molecule has 1 rings (SSSR count). The number of rotatable bonds is 15. The van der Waals surface area contributed by atoms with Crippen LogP contribution in [0.4, 0.5) is 0 Å². The Morgan fingerprint density at radius 2 is 1.41 bits per heavy atom. The predicted octanol–water partition coefficient (Wildman–Crippen LogP) is 9.26. The predicted molar refractivity (Wildman–Crippen MR) is 194 cm³/mol. The van der Waals surface area contributed by atoms with Crippen LogP contribution in [-0.2, 0) is 30.2 Å². The summed E-state index contributed by atoms with van der Waals surface area (Å²) in [7, 11) is -7.94. The van der Waals surface area contributed by atoms with E-state index in [1.807, 2.05) is 53.7 Å². The molecule has 0 bridgehead atoms. The van der Waals surface area contributed by atoms with Crippen molar-refractivity contribution in [3.63, 3.8) is 0 Å². The largest absolute Gasteiger partial charge is 0.591 e. The third kappa shape index (κ3) is 11.6. The molecule has 0 aliphatic rings. The summed E-state index contributed by atoms with van der Waals surface area (Å²) >= 11 is -1.31. The van der Waals surface area contributed by atoms with Crippen molar-refractivity contribution in [3.05, 3.63) is 29.8 Å². The van der Waals surface area contributed by atoms with Crippen LogP contribution in [0, 0.1) is 0 Å². The topological polar surface area (TPSA) is 91.3 Å². The fraction of sp³-hybridized carbons (Fsp3) is 0.788. The highest BCUT2D eigenvalue weighted by molar-refractivity contribution is 7.91. The van der Waals surface area contributed by atoms with E-state index in [2.05, 4.69) is 72.1 Å². The molecule has 1 aromatic carbocycles. The Hall–Kier alpha value is -0.536. The Kier molecular flexibility index (Phi) is 14.7. The van der Waals surface area contributed by atoms with Crippen LogP contribution in [0.15, 0.2) is 33.6 Å². The molecule has 0 fully saturated rings. The minimum atomic E-state index is -3.82. The van der Waals surface area contributed by atoms with Crippen molar-refractivity contribution in [1.29, 1.82) is 0 Å². The van der Waals surface area contributed by atoms with Gasteiger partial charge in [0.15, 0.2) is 16.6 Å². The molecule has 44 heavy (non-hydrogen) atoms. The lowest BCUT2D eigenvalue weighted by molar-refractivity contribution is 0.162. The molecule has 0 radical (unpaired) electrons. The van der Waals surface area contributed by atoms with Gasteiger partial charge in [-0.3, -0.25) is 0 Å². The first-order valence-corrected chi connectivity index (χ1v) is 24.4. The van der Waals surface area contributed by atoms with Gasteiger partial charge in [0.1, 0.15) is 16.1 Å². The summed E-state index contributed by atoms with van der Waals surface area (Å²) in [5, 5.41) is 0.0844. The van der Waals surface area contributed by atoms with Gasteiger partial charge >= 0.3 is 0 Å². The summed E-state index contributed by atoms with van der Waals surface area (Å²) in [6.45, 7) is 34.0. The maximum atomic E-state index is 14.3. The molecular weight excluding hydrogens is 625 g/mol. The van der Waals surface area contributed by atoms with Crippen LogP contribution >= 0.6 is 0 Å². The van der Waals surface area contributed by atoms with E-state index >= 15 is 0 Å². The highest BCUT2D eigenvalue weighted by Gasteiger charge is 2.41. The minimum Gasteiger partial charge on any atom is -0.591 e. The molecule has 256 valence electrons. The van der Waals surface area contributed by atoms with Crippen LogP contribution in [0.25, 0.3) is 0 Å². The van der Waals surface area contributed by atoms with E-state index in [1.165, 1.54) is 0 Å². The van der Waals surface area contributed by atoms with Gasteiger partial charge in [-0.25, -0.2) is 8.42 Å². The van der Waals surface area contributed by atoms with Crippen molar-refractivity contribution >= 4 is 44.2 Å². The summed E-state index contributed by atoms with van der Waals surface area (Å²) in [5.74, 6) is 0. The van der Waals surface area contributed by atoms with Crippen molar-refractivity contribution in [2.75, 3.05) is 6.61 Å². The first kappa shape index (κ1) is 41.5. The van der Waals surface area contributed by atoms with E-state index in [4.69, 9.17) is 8.85 Å². The molecule has 7 nitrogen and oxygen atoms in total. The van der Waals surface area contributed by atoms with E-state index in [9.17, 15) is 13.0 Å². The van der Waals surface area contributed by atoms with Crippen molar-refractivity contribution < 1.29 is 21.8 Å². The molecule has 1 aromatic rings. The van der Waals surface area contributed by atoms with Crippen LogP contribution in [0.3, 0.4) is 0 Å². The Morgan fingerprint density at radius 1 is 0.909 bits per heavy atom. The number of sulfonamides is 1. The van der Waals surface area contributed by atoms with Gasteiger partial charge < -0.3 is 13.4 Å². The Labute approximate surface area is 276 Å². The fourth-order valence-corrected chi connectivity index (χ4v) is 8.95. The van der Waals surface area contributed by atoms with Gasteiger partial charge in [0.05, 0.1) is 23.8 Å². The van der Waals surface area contributed by atoms with E-state index in [0.29, 0.717) is 25.9 Å². The zero-order valence-electron chi connectivity index (χ0n) is 30.7. The maximum Gasteiger partial charge on any atom is 0.243 e. The summed E-state index contributed by atoms with van der Waals surface area (Å²) in [6, 6.07) is 6.58. The molecule has 0 aromatic heterocycles. The number of benzene rings is 1. The Balaban J connectivity index is 3.33. The van der Waals surface area contributed by atoms with Crippen molar-refractivity contribution in [2.45, 2.75) is 166 Å². The first-order valence-electron chi connectivity index (χ1n) is 16.0. The second-order valence-electron chi connectivity index (χ2n) is 16.3. The molecule has 0 heterocycles. The summed E-state index contributed by atoms with van der Waals surface area (Å²) < 4.78 is 59.5. The fourth-order valence-electron chi connectivity index (χ4n) is 4.14. The second-order valence-corrected chi connectivity index (χ2v) is 29.7. The van der Waals surface area contributed by atoms with E-state index in [-0.39, 0.29) is 33.2 Å². The second kappa shape index (κ2) is 15.6. The van der Waals surface area contributed by atoms with Crippen LogP contribution in [-0.4, -0.2) is 63.6 Å². The molecule has 0 N–H and O–H groups in total. The lowest BCUT2D eigenvalue weighted by Gasteiger charge is -2.40. The highest BCUT2D eigenvalue weighted by Crippen LogP contribution is 2.40. The standard InChI is InChI=1S/C33H64N2O5S2Si2/c1-26(2)35(42(37,38)30-22-20-28(21-23-30)27(3)40-44(15,16)33(10,11)12)29(25-39-43(13,14)32(7,8)9)19-17-18-24-34-41(36)31(4,5)6/h20-24,26-27,29H,17-19,25H2,1-16H3/t27-,29+,41?/m1/s1. The molecule has 1 unspecified atom stereocenters. The molecule has 3 atom stereocenters. The zero-order chi connectivity index (χ0) is 34.5. The van der Waals surface area contributed by atoms with Gasteiger partial charge in [-0.05, 0) is 115 Å². The van der Waals surface area contributed by atoms with Crippen LogP contribution in [0.1, 0.15) is 114 Å². The number of hydrogen-bond acceptors (Lipinski definition) is 6. The van der Waals surface area contributed by atoms with Crippen molar-refractivity contribution in [3.8, 4) is 0 Å². The highest BCUT2D eigenvalue weighted by atomic mass is 32.2. The smallest absolute Gasteiger partial charge is 0.243 e. The molecule has 0 saturated carbocycles. The summed E-state index contributed by atoms with van der Waals surface area (Å²) in [6.07, 6.45) is 3.51. The van der Waals surface area contributed by atoms with Crippen molar-refractivity contribution in [2.24, 2.45) is 4.40 Å². The molecule has 0 aliphatic heterocycles. The van der Waals surface area contributed by atoms with Gasteiger partial charge in [-0.1, -0.05) is 58.1 Å². The summed E-state index contributed by atoms with van der Waals surface area (Å²) in [5.41, 5.74) is 0.967. The summed E-state index contributed by atoms with van der Waals surface area (Å²) in [4.78, 5) is 0.272. The molecule has 0 saturated heterocycles. The van der Waals surface area contributed by atoms with Gasteiger partial charge in [-0.2, -0.15) is 4.31 Å². The van der Waals surface area contributed by atoms with Crippen LogP contribution in [0.2, 0.25) is 36.3 Å². The van der Waals surface area contributed by atoms with E-state index in [0.717, 1.165) is 5.56 Å². The van der Waals surface area contributed by atoms with Gasteiger partial charge in [0.2, 0.25) is 10.0 Å². The normalized spacial score (nSPS) is 16.6. The quantitative estimate of drug-likeness (QED) is 0.0793. The number of unbranched alkanes of at least 4 members (excludes halogenated alkanes) is 1. The molecular formula is C33H64N2O5S2Si2. The van der Waals surface area contributed by atoms with E-state index < -0.39 is 42.8 Å². The van der Waals surface area contributed by atoms with E-state index in [1.54, 1.807) is 22.7 Å². The Bertz CT molecular complexity index is 1170. The Morgan fingerprint density at radius 3 is 1.84 bits per heavy atom. The molecule has 0 spiro atoms. The average Bonchev–Trinajstić information content (AvgIpc) is 2.84. The minimum absolute atomic E-state index is 0.00176. The molecule has 0 aliphatic carbocycles. The maximum absolute atomic E-state index is 14.3. The number of hydrogen-bond donors (Lipinski definition) is 0. The SMILES string of the molecule is CC(C)N([C@@H](CCCC=N[S+]([O-])C(C)(C)C)CO[Si](C)(C)C(C)(C)C)S(=O)(=O)c1ccc([C@@H](C)O[Si](C)(C)C(C)(C)C)cc1. The van der Waals surface area contributed by atoms with Gasteiger partial charge in [0, 0.05) is 12.1 Å². The zero-order valence-corrected chi connectivity index (χ0v) is 34.3. The lowest BCUT2D eigenvalue weighted by atomic mass is 10.1. The monoisotopic (exact) mass is 688 g/mol. The van der Waals surface area contributed by atoms with Crippen molar-refractivity contribution in [1.82, 2.24) is 4.31 Å². The first-order chi connectivity index (χ1) is 19.6. The lowest BCUT2D eigenvalue weighted by Crippen LogP contribution is -2.50. The molecule has 0 amide bonds. The molecule has 11 heteroatoms. The van der Waals surface area contributed by atoms with Crippen LogP contribution < -0.4 is 0 Å². The number of nitrogens with zero attached hydrogens (tertiary/aromatic N) is 2. The average molecular weight is 689 g/mol. The van der Waals surface area contributed by atoms with Gasteiger partial charge in [-0.15, -0.1) is 0 Å². The van der Waals surface area contributed by atoms with Crippen LogP contribution in [0.5, 0.6) is 0 Å². The third-order valence-electron chi connectivity index (χ3n) is 9.08. The van der Waals surface area contributed by atoms with Gasteiger partial charge in [0.25, 0.3) is 0 Å². The third-order valence-corrected chi connectivity index (χ3v) is 21.7.